The normalized spacial score (nSPS) is 29.0. The van der Waals surface area contributed by atoms with Crippen LogP contribution in [0, 0.1) is 5.92 Å². The Hall–Kier alpha value is -0.370. The maximum absolute atomic E-state index is 4.43. The van der Waals surface area contributed by atoms with E-state index in [0.29, 0.717) is 0 Å². The van der Waals surface area contributed by atoms with E-state index in [9.17, 15) is 0 Å². The third-order valence-electron chi connectivity index (χ3n) is 3.16. The van der Waals surface area contributed by atoms with Crippen molar-refractivity contribution < 1.29 is 0 Å². The Bertz CT molecular complexity index is 243. The fourth-order valence-electron chi connectivity index (χ4n) is 2.32. The monoisotopic (exact) mass is 195 g/mol. The van der Waals surface area contributed by atoms with Gasteiger partial charge in [-0.1, -0.05) is 26.2 Å². The molecule has 13 heavy (non-hydrogen) atoms. The molecule has 0 spiro atoms. The van der Waals surface area contributed by atoms with Gasteiger partial charge in [-0.2, -0.15) is 0 Å². The average molecular weight is 195 g/mol. The minimum Gasteiger partial charge on any atom is -0.249 e. The quantitative estimate of drug-likeness (QED) is 0.699. The lowest BCUT2D eigenvalue weighted by molar-refractivity contribution is 0.314. The third kappa shape index (κ3) is 2.11. The van der Waals surface area contributed by atoms with E-state index in [-0.39, 0.29) is 0 Å². The Labute approximate surface area is 84.2 Å². The summed E-state index contributed by atoms with van der Waals surface area (Å²) in [4.78, 5) is 4.43. The van der Waals surface area contributed by atoms with Gasteiger partial charge >= 0.3 is 0 Å². The summed E-state index contributed by atoms with van der Waals surface area (Å²) in [5.74, 6) is 1.74. The summed E-state index contributed by atoms with van der Waals surface area (Å²) in [5.41, 5.74) is 0. The molecule has 0 aromatic carbocycles. The predicted molar refractivity (Wildman–Crippen MR) is 57.1 cm³/mol. The predicted octanol–water partition coefficient (Wildman–Crippen LogP) is 3.83. The van der Waals surface area contributed by atoms with E-state index in [0.717, 1.165) is 11.8 Å². The van der Waals surface area contributed by atoms with E-state index in [1.807, 2.05) is 17.5 Å². The van der Waals surface area contributed by atoms with Crippen molar-refractivity contribution in [3.05, 3.63) is 16.6 Å². The van der Waals surface area contributed by atoms with E-state index < -0.39 is 0 Å². The highest BCUT2D eigenvalue weighted by atomic mass is 32.1. The maximum atomic E-state index is 4.43. The highest BCUT2D eigenvalue weighted by Crippen LogP contribution is 2.37. The van der Waals surface area contributed by atoms with Crippen LogP contribution in [-0.4, -0.2) is 4.98 Å². The van der Waals surface area contributed by atoms with E-state index >= 15 is 0 Å². The van der Waals surface area contributed by atoms with E-state index in [1.54, 1.807) is 0 Å². The van der Waals surface area contributed by atoms with Crippen molar-refractivity contribution in [1.82, 2.24) is 4.98 Å². The first-order chi connectivity index (χ1) is 6.40. The van der Waals surface area contributed by atoms with Crippen molar-refractivity contribution >= 4 is 11.3 Å². The van der Waals surface area contributed by atoms with Crippen LogP contribution in [-0.2, 0) is 0 Å². The fraction of sp³-hybridized carbons (Fsp3) is 0.727. The second-order valence-electron chi connectivity index (χ2n) is 4.01. The van der Waals surface area contributed by atoms with E-state index in [1.165, 1.54) is 37.1 Å². The molecule has 1 aliphatic rings. The zero-order valence-corrected chi connectivity index (χ0v) is 9.02. The van der Waals surface area contributed by atoms with Crippen molar-refractivity contribution in [2.75, 3.05) is 0 Å². The number of hydrogen-bond acceptors (Lipinski definition) is 2. The lowest BCUT2D eigenvalue weighted by Crippen LogP contribution is -2.13. The van der Waals surface area contributed by atoms with E-state index in [2.05, 4.69) is 17.3 Å². The molecule has 0 N–H and O–H groups in total. The Morgan fingerprint density at radius 2 is 2.46 bits per heavy atom. The molecule has 1 aromatic rings. The van der Waals surface area contributed by atoms with Gasteiger partial charge in [-0.3, -0.25) is 0 Å². The minimum absolute atomic E-state index is 0.777. The lowest BCUT2D eigenvalue weighted by atomic mass is 9.80. The first-order valence-electron chi connectivity index (χ1n) is 5.29. The molecule has 2 unspecified atom stereocenters. The Balaban J connectivity index is 2.00. The standard InChI is InChI=1S/C11H17NS/c1-2-9-4-3-5-10(8-9)11-12-6-7-13-11/h6-7,9-10H,2-5,8H2,1H3. The largest absolute Gasteiger partial charge is 0.249 e. The molecule has 2 atom stereocenters. The van der Waals surface area contributed by atoms with Gasteiger partial charge in [0.05, 0.1) is 5.01 Å². The molecule has 2 rings (SSSR count). The molecule has 2 heteroatoms. The topological polar surface area (TPSA) is 12.9 Å². The van der Waals surface area contributed by atoms with Crippen LogP contribution in [0.15, 0.2) is 11.6 Å². The van der Waals surface area contributed by atoms with Gasteiger partial charge in [0, 0.05) is 17.5 Å². The second kappa shape index (κ2) is 4.23. The van der Waals surface area contributed by atoms with Gasteiger partial charge in [-0.15, -0.1) is 11.3 Å². The van der Waals surface area contributed by atoms with Crippen LogP contribution in [0.1, 0.15) is 50.0 Å². The number of rotatable bonds is 2. The number of nitrogens with zero attached hydrogens (tertiary/aromatic N) is 1. The van der Waals surface area contributed by atoms with Crippen LogP contribution in [0.2, 0.25) is 0 Å². The molecule has 0 radical (unpaired) electrons. The Morgan fingerprint density at radius 3 is 3.15 bits per heavy atom. The lowest BCUT2D eigenvalue weighted by Gasteiger charge is -2.26. The second-order valence-corrected chi connectivity index (χ2v) is 4.93. The third-order valence-corrected chi connectivity index (χ3v) is 4.10. The SMILES string of the molecule is CCC1CCCC(c2nccs2)C1. The van der Waals surface area contributed by atoms with Crippen molar-refractivity contribution in [3.8, 4) is 0 Å². The molecular weight excluding hydrogens is 178 g/mol. The van der Waals surface area contributed by atoms with Crippen LogP contribution in [0.4, 0.5) is 0 Å². The van der Waals surface area contributed by atoms with Crippen molar-refractivity contribution in [2.24, 2.45) is 5.92 Å². The summed E-state index contributed by atoms with van der Waals surface area (Å²) in [6, 6.07) is 0. The summed E-state index contributed by atoms with van der Waals surface area (Å²) >= 11 is 1.83. The molecule has 1 saturated carbocycles. The highest BCUT2D eigenvalue weighted by Gasteiger charge is 2.23. The summed E-state index contributed by atoms with van der Waals surface area (Å²) in [6.45, 7) is 2.31. The van der Waals surface area contributed by atoms with Crippen molar-refractivity contribution in [2.45, 2.75) is 44.9 Å². The maximum Gasteiger partial charge on any atom is 0.0955 e. The first kappa shape index (κ1) is 9.20. The number of hydrogen-bond donors (Lipinski definition) is 0. The van der Waals surface area contributed by atoms with Gasteiger partial charge in [-0.25, -0.2) is 4.98 Å². The zero-order valence-electron chi connectivity index (χ0n) is 8.20. The van der Waals surface area contributed by atoms with Crippen molar-refractivity contribution in [1.29, 1.82) is 0 Å². The zero-order chi connectivity index (χ0) is 9.10. The summed E-state index contributed by atoms with van der Waals surface area (Å²) in [5, 5.41) is 3.48. The molecule has 1 fully saturated rings. The summed E-state index contributed by atoms with van der Waals surface area (Å²) in [6.07, 6.45) is 8.88. The minimum atomic E-state index is 0.777. The molecular formula is C11H17NS. The summed E-state index contributed by atoms with van der Waals surface area (Å²) < 4.78 is 0. The first-order valence-corrected chi connectivity index (χ1v) is 6.17. The van der Waals surface area contributed by atoms with Gasteiger partial charge < -0.3 is 0 Å². The number of thiazole rings is 1. The molecule has 1 aromatic heterocycles. The molecule has 1 aliphatic carbocycles. The molecule has 1 heterocycles. The van der Waals surface area contributed by atoms with Crippen LogP contribution < -0.4 is 0 Å². The average Bonchev–Trinajstić information content (AvgIpc) is 2.71. The van der Waals surface area contributed by atoms with Gasteiger partial charge in [0.25, 0.3) is 0 Å². The van der Waals surface area contributed by atoms with Gasteiger partial charge in [0.1, 0.15) is 0 Å². The molecule has 72 valence electrons. The summed E-state index contributed by atoms with van der Waals surface area (Å²) in [7, 11) is 0. The fourth-order valence-corrected chi connectivity index (χ4v) is 3.11. The molecule has 0 bridgehead atoms. The van der Waals surface area contributed by atoms with Crippen LogP contribution in [0.5, 0.6) is 0 Å². The molecule has 1 nitrogen and oxygen atoms in total. The van der Waals surface area contributed by atoms with Crippen LogP contribution in [0.3, 0.4) is 0 Å². The Kier molecular flexibility index (Phi) is 2.99. The Morgan fingerprint density at radius 1 is 1.54 bits per heavy atom. The van der Waals surface area contributed by atoms with Crippen LogP contribution >= 0.6 is 11.3 Å². The van der Waals surface area contributed by atoms with Crippen molar-refractivity contribution in [3.63, 3.8) is 0 Å². The molecule has 0 saturated heterocycles. The van der Waals surface area contributed by atoms with Gasteiger partial charge in [0.15, 0.2) is 0 Å². The van der Waals surface area contributed by atoms with Crippen LogP contribution in [0.25, 0.3) is 0 Å². The van der Waals surface area contributed by atoms with Gasteiger partial charge in [0.2, 0.25) is 0 Å². The van der Waals surface area contributed by atoms with E-state index in [4.69, 9.17) is 0 Å². The smallest absolute Gasteiger partial charge is 0.0955 e. The molecule has 0 amide bonds. The number of aromatic nitrogens is 1. The van der Waals surface area contributed by atoms with Gasteiger partial charge in [-0.05, 0) is 18.8 Å². The molecule has 0 aliphatic heterocycles. The highest BCUT2D eigenvalue weighted by molar-refractivity contribution is 7.09.